The van der Waals surface area contributed by atoms with Gasteiger partial charge in [-0.05, 0) is 25.0 Å². The van der Waals surface area contributed by atoms with E-state index in [2.05, 4.69) is 15.1 Å². The maximum absolute atomic E-state index is 5.35. The summed E-state index contributed by atoms with van der Waals surface area (Å²) in [5.74, 6) is 1.74. The predicted octanol–water partition coefficient (Wildman–Crippen LogP) is 2.01. The molecule has 0 unspecified atom stereocenters. The van der Waals surface area contributed by atoms with E-state index >= 15 is 0 Å². The van der Waals surface area contributed by atoms with E-state index in [1.165, 1.54) is 0 Å². The van der Waals surface area contributed by atoms with Crippen molar-refractivity contribution >= 4 is 5.65 Å². The molecule has 1 atom stereocenters. The normalized spacial score (nSPS) is 18.6. The molecule has 0 saturated carbocycles. The second-order valence-corrected chi connectivity index (χ2v) is 5.31. The van der Waals surface area contributed by atoms with E-state index in [1.54, 1.807) is 0 Å². The van der Waals surface area contributed by atoms with Gasteiger partial charge in [-0.15, -0.1) is 0 Å². The minimum Gasteiger partial charge on any atom is -0.381 e. The minimum atomic E-state index is 0.290. The number of aryl methyl sites for hydroxylation is 2. The number of nitrogens with zero attached hydrogens (tertiary/aromatic N) is 4. The van der Waals surface area contributed by atoms with E-state index in [-0.39, 0.29) is 5.92 Å². The lowest BCUT2D eigenvalue weighted by Gasteiger charge is -1.97. The molecule has 3 aromatic heterocycles. The van der Waals surface area contributed by atoms with Crippen molar-refractivity contribution in [1.29, 1.82) is 0 Å². The highest BCUT2D eigenvalue weighted by atomic mass is 16.5. The fourth-order valence-electron chi connectivity index (χ4n) is 2.62. The van der Waals surface area contributed by atoms with Crippen LogP contribution in [0.5, 0.6) is 0 Å². The third kappa shape index (κ3) is 2.54. The number of rotatable bonds is 4. The highest BCUT2D eigenvalue weighted by Gasteiger charge is 2.23. The Morgan fingerprint density at radius 1 is 1.24 bits per heavy atom. The molecular formula is C15H16N4O2. The molecule has 6 nitrogen and oxygen atoms in total. The summed E-state index contributed by atoms with van der Waals surface area (Å²) in [5.41, 5.74) is 1.99. The topological polar surface area (TPSA) is 65.5 Å². The first kappa shape index (κ1) is 12.5. The first-order chi connectivity index (χ1) is 10.4. The molecule has 0 spiro atoms. The van der Waals surface area contributed by atoms with Gasteiger partial charge < -0.3 is 13.7 Å². The fraction of sp³-hybridized carbons (Fsp3) is 0.400. The van der Waals surface area contributed by atoms with Crippen molar-refractivity contribution in [3.05, 3.63) is 48.0 Å². The summed E-state index contributed by atoms with van der Waals surface area (Å²) in [6, 6.07) is 5.97. The van der Waals surface area contributed by atoms with Crippen LogP contribution in [0.25, 0.3) is 5.65 Å². The quantitative estimate of drug-likeness (QED) is 0.733. The van der Waals surface area contributed by atoms with Gasteiger partial charge in [0.15, 0.2) is 5.82 Å². The smallest absolute Gasteiger partial charge is 0.227 e. The first-order valence-corrected chi connectivity index (χ1v) is 7.21. The van der Waals surface area contributed by atoms with E-state index in [4.69, 9.17) is 9.26 Å². The first-order valence-electron chi connectivity index (χ1n) is 7.21. The van der Waals surface area contributed by atoms with Gasteiger partial charge in [0, 0.05) is 31.3 Å². The van der Waals surface area contributed by atoms with E-state index in [0.717, 1.165) is 36.6 Å². The lowest BCUT2D eigenvalue weighted by Crippen LogP contribution is -2.00. The molecule has 0 amide bonds. The van der Waals surface area contributed by atoms with Gasteiger partial charge in [-0.3, -0.25) is 0 Å². The monoisotopic (exact) mass is 284 g/mol. The van der Waals surface area contributed by atoms with Crippen LogP contribution in [0.4, 0.5) is 0 Å². The number of fused-ring (bicyclic) bond motifs is 1. The van der Waals surface area contributed by atoms with Crippen molar-refractivity contribution in [1.82, 2.24) is 19.5 Å². The lowest BCUT2D eigenvalue weighted by atomic mass is 10.1. The highest BCUT2D eigenvalue weighted by molar-refractivity contribution is 5.39. The number of hydrogen-bond acceptors (Lipinski definition) is 5. The van der Waals surface area contributed by atoms with Crippen LogP contribution in [0.3, 0.4) is 0 Å². The van der Waals surface area contributed by atoms with Gasteiger partial charge in [-0.25, -0.2) is 4.98 Å². The summed E-state index contributed by atoms with van der Waals surface area (Å²) in [6.45, 7) is 1.49. The Balaban J connectivity index is 1.44. The van der Waals surface area contributed by atoms with Crippen LogP contribution in [0.15, 0.2) is 35.1 Å². The van der Waals surface area contributed by atoms with E-state index in [1.807, 2.05) is 35.0 Å². The maximum Gasteiger partial charge on any atom is 0.227 e. The van der Waals surface area contributed by atoms with Crippen molar-refractivity contribution in [3.63, 3.8) is 0 Å². The Morgan fingerprint density at radius 2 is 2.24 bits per heavy atom. The molecule has 1 aliphatic rings. The van der Waals surface area contributed by atoms with Crippen LogP contribution >= 0.6 is 0 Å². The Hall–Kier alpha value is -2.21. The van der Waals surface area contributed by atoms with Crippen LogP contribution in [-0.2, 0) is 17.6 Å². The lowest BCUT2D eigenvalue weighted by molar-refractivity contribution is 0.192. The summed E-state index contributed by atoms with van der Waals surface area (Å²) >= 11 is 0. The standard InChI is InChI=1S/C15H16N4O2/c1-2-7-19-9-12(16-13(19)3-1)4-5-14-17-15(18-21-14)11-6-8-20-10-11/h1-3,7,9,11H,4-6,8,10H2/t11-/m1/s1. The summed E-state index contributed by atoms with van der Waals surface area (Å²) < 4.78 is 12.7. The molecule has 0 bridgehead atoms. The number of ether oxygens (including phenoxy) is 1. The summed E-state index contributed by atoms with van der Waals surface area (Å²) in [4.78, 5) is 9.03. The van der Waals surface area contributed by atoms with Crippen LogP contribution < -0.4 is 0 Å². The van der Waals surface area contributed by atoms with E-state index < -0.39 is 0 Å². The second-order valence-electron chi connectivity index (χ2n) is 5.31. The zero-order valence-corrected chi connectivity index (χ0v) is 11.6. The van der Waals surface area contributed by atoms with E-state index in [9.17, 15) is 0 Å². The molecule has 0 aromatic carbocycles. The summed E-state index contributed by atoms with van der Waals surface area (Å²) in [6.07, 6.45) is 6.52. The molecule has 21 heavy (non-hydrogen) atoms. The molecule has 1 fully saturated rings. The summed E-state index contributed by atoms with van der Waals surface area (Å²) in [7, 11) is 0. The minimum absolute atomic E-state index is 0.290. The van der Waals surface area contributed by atoms with Gasteiger partial charge >= 0.3 is 0 Å². The second kappa shape index (κ2) is 5.29. The van der Waals surface area contributed by atoms with Gasteiger partial charge in [0.05, 0.1) is 12.3 Å². The molecule has 0 aliphatic carbocycles. The van der Waals surface area contributed by atoms with Crippen molar-refractivity contribution in [2.75, 3.05) is 13.2 Å². The zero-order chi connectivity index (χ0) is 14.1. The highest BCUT2D eigenvalue weighted by Crippen LogP contribution is 2.22. The third-order valence-electron chi connectivity index (χ3n) is 3.79. The van der Waals surface area contributed by atoms with Gasteiger partial charge in [-0.2, -0.15) is 4.98 Å². The third-order valence-corrected chi connectivity index (χ3v) is 3.79. The molecule has 1 aliphatic heterocycles. The number of hydrogen-bond donors (Lipinski definition) is 0. The van der Waals surface area contributed by atoms with Gasteiger partial charge in [0.25, 0.3) is 0 Å². The maximum atomic E-state index is 5.35. The molecule has 1 saturated heterocycles. The molecule has 0 N–H and O–H groups in total. The van der Waals surface area contributed by atoms with Crippen LogP contribution in [0, 0.1) is 0 Å². The van der Waals surface area contributed by atoms with Crippen molar-refractivity contribution in [2.24, 2.45) is 0 Å². The molecule has 0 radical (unpaired) electrons. The van der Waals surface area contributed by atoms with Crippen molar-refractivity contribution in [2.45, 2.75) is 25.2 Å². The molecular weight excluding hydrogens is 268 g/mol. The molecule has 6 heteroatoms. The Bertz CT molecular complexity index is 710. The SMILES string of the molecule is c1ccn2cc(CCc3nc([C@@H]4CCOC4)no3)nc2c1. The van der Waals surface area contributed by atoms with Gasteiger partial charge in [-0.1, -0.05) is 11.2 Å². The van der Waals surface area contributed by atoms with Crippen LogP contribution in [0.2, 0.25) is 0 Å². The average molecular weight is 284 g/mol. The number of aromatic nitrogens is 4. The molecule has 4 heterocycles. The number of pyridine rings is 1. The Kier molecular flexibility index (Phi) is 3.16. The molecule has 108 valence electrons. The van der Waals surface area contributed by atoms with E-state index in [0.29, 0.717) is 18.9 Å². The summed E-state index contributed by atoms with van der Waals surface area (Å²) in [5, 5.41) is 4.06. The predicted molar refractivity (Wildman–Crippen MR) is 75.1 cm³/mol. The van der Waals surface area contributed by atoms with Gasteiger partial charge in [0.1, 0.15) is 5.65 Å². The van der Waals surface area contributed by atoms with Crippen molar-refractivity contribution in [3.8, 4) is 0 Å². The number of imidazole rings is 1. The fourth-order valence-corrected chi connectivity index (χ4v) is 2.62. The largest absolute Gasteiger partial charge is 0.381 e. The van der Waals surface area contributed by atoms with Crippen LogP contribution in [-0.4, -0.2) is 32.7 Å². The Morgan fingerprint density at radius 3 is 3.10 bits per heavy atom. The zero-order valence-electron chi connectivity index (χ0n) is 11.6. The molecule has 3 aromatic rings. The van der Waals surface area contributed by atoms with Crippen LogP contribution in [0.1, 0.15) is 29.7 Å². The average Bonchev–Trinajstić information content (AvgIpc) is 3.23. The molecule has 4 rings (SSSR count). The Labute approximate surface area is 121 Å². The van der Waals surface area contributed by atoms with Crippen molar-refractivity contribution < 1.29 is 9.26 Å². The van der Waals surface area contributed by atoms with Gasteiger partial charge in [0.2, 0.25) is 5.89 Å².